The molecule has 13 nitrogen and oxygen atoms in total. The van der Waals surface area contributed by atoms with Gasteiger partial charge in [-0.05, 0) is 342 Å². The standard InChI is InChI=1S/C19H32N2O.C19H31NO.2C18H29NO.2C17H29NO.3C2H6/c1-18(2,3)9-7-14-8-10-20-17(11-14)22-16-12-15(13-16)21-19(4,5)6;1-18(2,3)13-14-8-7-9-16(10-14)21-17-11-15(12-17)20-19(4,5)6;2*1-17(2,3)13-8-7-9-15(10-13)20-16-11-14(12-16)19-18(4,5)6;2*1-13(12-18-17(5,6)7)19-15-10-8-9-14(11-15)16(2,3)4;3*1-2/h8,10-11,15-16,21H,7,9,12-13H2,1-6H3;7-10,15,17,20H,11-13H2,1-6H3;2*7-10,14,16,19H,11-12H2,1-6H3;2*8-11,13,18H,12H2,1-7H3;3*1-2H3/t;;;;2*13-;;;/m....10.../s1. The number of nitrogens with zero attached hydrogens (tertiary/aromatic N) is 1. The van der Waals surface area contributed by atoms with E-state index in [2.05, 4.69) is 421 Å². The van der Waals surface area contributed by atoms with Crippen LogP contribution in [-0.2, 0) is 34.5 Å². The summed E-state index contributed by atoms with van der Waals surface area (Å²) in [5.74, 6) is 5.74. The Balaban J connectivity index is 0.000000510. The maximum Gasteiger partial charge on any atom is 0.213 e. The lowest BCUT2D eigenvalue weighted by atomic mass is 9.86. The van der Waals surface area contributed by atoms with Gasteiger partial charge in [0.1, 0.15) is 65.4 Å². The monoisotopic (exact) mass is 1760 g/mol. The van der Waals surface area contributed by atoms with Crippen LogP contribution in [0.1, 0.15) is 396 Å². The molecule has 0 aliphatic heterocycles. The molecule has 0 spiro atoms. The Bertz CT molecular complexity index is 3800. The molecule has 0 radical (unpaired) electrons. The predicted octanol–water partition coefficient (Wildman–Crippen LogP) is 28.9. The molecule has 4 aliphatic rings. The summed E-state index contributed by atoms with van der Waals surface area (Å²) < 4.78 is 36.3. The first-order valence-electron chi connectivity index (χ1n) is 49.2. The molecule has 1 aromatic heterocycles. The van der Waals surface area contributed by atoms with E-state index in [-0.39, 0.29) is 67.1 Å². The van der Waals surface area contributed by atoms with Crippen molar-refractivity contribution in [3.63, 3.8) is 0 Å². The van der Waals surface area contributed by atoms with Gasteiger partial charge in [-0.25, -0.2) is 4.98 Å². The molecule has 10 rings (SSSR count). The minimum Gasteiger partial charge on any atom is -0.490 e. The van der Waals surface area contributed by atoms with Gasteiger partial charge < -0.3 is 60.3 Å². The van der Waals surface area contributed by atoms with E-state index in [9.17, 15) is 0 Å². The van der Waals surface area contributed by atoms with Crippen molar-refractivity contribution in [3.8, 4) is 34.6 Å². The zero-order valence-corrected chi connectivity index (χ0v) is 90.1. The van der Waals surface area contributed by atoms with E-state index < -0.39 is 0 Å². The third kappa shape index (κ3) is 53.2. The quantitative estimate of drug-likeness (QED) is 0.0363. The van der Waals surface area contributed by atoms with Crippen molar-refractivity contribution in [2.24, 2.45) is 10.8 Å². The number of nitrogens with one attached hydrogen (secondary N) is 6. The molecule has 1 heterocycles. The van der Waals surface area contributed by atoms with E-state index in [4.69, 9.17) is 28.4 Å². The number of hydrogen-bond donors (Lipinski definition) is 6. The van der Waals surface area contributed by atoms with Gasteiger partial charge in [0, 0.05) is 82.8 Å². The molecule has 6 N–H and O–H groups in total. The van der Waals surface area contributed by atoms with E-state index in [1.807, 2.05) is 59.9 Å². The van der Waals surface area contributed by atoms with E-state index in [0.29, 0.717) is 59.4 Å². The van der Waals surface area contributed by atoms with Crippen LogP contribution < -0.4 is 60.3 Å². The lowest BCUT2D eigenvalue weighted by molar-refractivity contribution is 0.0693. The largest absolute Gasteiger partial charge is 0.490 e. The van der Waals surface area contributed by atoms with Gasteiger partial charge in [-0.1, -0.05) is 227 Å². The molecule has 2 atom stereocenters. The van der Waals surface area contributed by atoms with Crippen LogP contribution in [0.25, 0.3) is 0 Å². The van der Waals surface area contributed by atoms with Gasteiger partial charge in [0.15, 0.2) is 0 Å². The van der Waals surface area contributed by atoms with Crippen molar-refractivity contribution in [3.05, 3.63) is 173 Å². The number of aryl methyl sites for hydroxylation is 1. The fraction of sp³-hybridized carbons (Fsp3) is 0.693. The highest BCUT2D eigenvalue weighted by molar-refractivity contribution is 5.37. The van der Waals surface area contributed by atoms with Crippen LogP contribution >= 0.6 is 0 Å². The lowest BCUT2D eigenvalue weighted by Crippen LogP contribution is -2.53. The highest BCUT2D eigenvalue weighted by atomic mass is 16.5. The molecule has 0 unspecified atom stereocenters. The molecular formula is C114H197N7O6. The van der Waals surface area contributed by atoms with Gasteiger partial charge >= 0.3 is 0 Å². The second kappa shape index (κ2) is 51.7. The first-order valence-corrected chi connectivity index (χ1v) is 49.2. The zero-order valence-electron chi connectivity index (χ0n) is 90.1. The number of benzene rings is 5. The average molecular weight is 1760 g/mol. The molecule has 5 aromatic carbocycles. The van der Waals surface area contributed by atoms with Crippen LogP contribution in [0.2, 0.25) is 0 Å². The third-order valence-corrected chi connectivity index (χ3v) is 21.0. The Labute approximate surface area is 783 Å². The second-order valence-corrected chi connectivity index (χ2v) is 48.4. The van der Waals surface area contributed by atoms with E-state index in [1.165, 1.54) is 39.8 Å². The van der Waals surface area contributed by atoms with Gasteiger partial charge in [0.2, 0.25) is 5.88 Å². The summed E-state index contributed by atoms with van der Waals surface area (Å²) in [7, 11) is 0. The highest BCUT2D eigenvalue weighted by Gasteiger charge is 2.37. The summed E-state index contributed by atoms with van der Waals surface area (Å²) in [5.41, 5.74) is 10.3. The van der Waals surface area contributed by atoms with Crippen LogP contribution in [0.15, 0.2) is 140 Å². The molecule has 4 saturated carbocycles. The first kappa shape index (κ1) is 117. The number of ether oxygens (including phenoxy) is 6. The topological polar surface area (TPSA) is 140 Å². The molecule has 724 valence electrons. The Kier molecular flexibility index (Phi) is 47.6. The van der Waals surface area contributed by atoms with Crippen molar-refractivity contribution in [1.29, 1.82) is 0 Å². The molecular weight excluding hydrogens is 1560 g/mol. The third-order valence-electron chi connectivity index (χ3n) is 21.0. The van der Waals surface area contributed by atoms with Crippen molar-refractivity contribution in [2.75, 3.05) is 13.1 Å². The average Bonchev–Trinajstić information content (AvgIpc) is 0.847. The predicted molar refractivity (Wildman–Crippen MR) is 553 cm³/mol. The van der Waals surface area contributed by atoms with Crippen LogP contribution in [0.5, 0.6) is 34.6 Å². The van der Waals surface area contributed by atoms with Gasteiger partial charge in [-0.2, -0.15) is 0 Å². The molecule has 127 heavy (non-hydrogen) atoms. The van der Waals surface area contributed by atoms with Crippen molar-refractivity contribution in [2.45, 2.75) is 491 Å². The summed E-state index contributed by atoms with van der Waals surface area (Å²) in [6.07, 6.45) is 15.8. The van der Waals surface area contributed by atoms with E-state index >= 15 is 0 Å². The SMILES string of the molecule is CC.CC.CC.CC(C)(C)CCc1ccnc(OC2CC(NC(C)(C)C)C2)c1.CC(C)(C)Cc1cccc(OC2CC(NC(C)(C)C)C2)c1.CC(C)(C)NC1CC(Oc2cccc(C(C)(C)C)c2)C1.CC(C)(C)NC1CC(Oc2cccc(C(C)(C)C)c2)C1.C[C@@H](CNC(C)(C)C)Oc1cccc(C(C)(C)C)c1.C[C@H](CNC(C)(C)C)Oc1cccc(C(C)(C)C)c1. The number of aromatic nitrogens is 1. The highest BCUT2D eigenvalue weighted by Crippen LogP contribution is 2.36. The molecule has 0 saturated heterocycles. The first-order chi connectivity index (χ1) is 58.1. The normalized spacial score (nSPS) is 19.4. The summed E-state index contributed by atoms with van der Waals surface area (Å²) in [5, 5.41) is 21.4. The Morgan fingerprint density at radius 1 is 0.299 bits per heavy atom. The molecule has 0 amide bonds. The van der Waals surface area contributed by atoms with Crippen LogP contribution in [-0.4, -0.2) is 112 Å². The van der Waals surface area contributed by atoms with E-state index in [1.54, 1.807) is 0 Å². The van der Waals surface area contributed by atoms with Crippen LogP contribution in [0.3, 0.4) is 0 Å². The number of pyridine rings is 1. The van der Waals surface area contributed by atoms with Crippen LogP contribution in [0, 0.1) is 10.8 Å². The van der Waals surface area contributed by atoms with Gasteiger partial charge in [-0.15, -0.1) is 0 Å². The van der Waals surface area contributed by atoms with E-state index in [0.717, 1.165) is 112 Å². The summed E-state index contributed by atoms with van der Waals surface area (Å²) >= 11 is 0. The summed E-state index contributed by atoms with van der Waals surface area (Å²) in [4.78, 5) is 4.36. The van der Waals surface area contributed by atoms with Gasteiger partial charge in [0.05, 0.1) is 0 Å². The minimum atomic E-state index is 0.130. The number of hydrogen-bond acceptors (Lipinski definition) is 13. The van der Waals surface area contributed by atoms with Gasteiger partial charge in [0.25, 0.3) is 0 Å². The Morgan fingerprint density at radius 3 is 0.835 bits per heavy atom. The van der Waals surface area contributed by atoms with Gasteiger partial charge in [-0.3, -0.25) is 0 Å². The smallest absolute Gasteiger partial charge is 0.213 e. The Hall–Kier alpha value is -6.19. The fourth-order valence-electron chi connectivity index (χ4n) is 14.4. The Morgan fingerprint density at radius 2 is 0.567 bits per heavy atom. The maximum absolute atomic E-state index is 6.11. The maximum atomic E-state index is 6.11. The van der Waals surface area contributed by atoms with Crippen molar-refractivity contribution >= 4 is 0 Å². The minimum absolute atomic E-state index is 0.130. The molecule has 6 aromatic rings. The summed E-state index contributed by atoms with van der Waals surface area (Å²) in [6, 6.07) is 49.1. The lowest BCUT2D eigenvalue weighted by Gasteiger charge is -2.40. The fourth-order valence-corrected chi connectivity index (χ4v) is 14.4. The summed E-state index contributed by atoms with van der Waals surface area (Å²) in [6.45, 7) is 97.9. The van der Waals surface area contributed by atoms with Crippen molar-refractivity contribution < 1.29 is 28.4 Å². The molecule has 4 aliphatic carbocycles. The molecule has 4 fully saturated rings. The van der Waals surface area contributed by atoms with Crippen LogP contribution in [0.4, 0.5) is 0 Å². The molecule has 0 bridgehead atoms. The zero-order chi connectivity index (χ0) is 97.3. The number of rotatable bonds is 23. The molecule has 13 heteroatoms. The van der Waals surface area contributed by atoms with Crippen molar-refractivity contribution in [1.82, 2.24) is 36.9 Å². The second-order valence-electron chi connectivity index (χ2n) is 48.4.